The Hall–Kier alpha value is -0.570. The van der Waals surface area contributed by atoms with Gasteiger partial charge in [0.05, 0.1) is 4.48 Å². The van der Waals surface area contributed by atoms with Gasteiger partial charge in [-0.2, -0.15) is 0 Å². The van der Waals surface area contributed by atoms with E-state index in [4.69, 9.17) is 4.74 Å². The lowest BCUT2D eigenvalue weighted by Crippen LogP contribution is -2.20. The lowest BCUT2D eigenvalue weighted by Gasteiger charge is -2.31. The summed E-state index contributed by atoms with van der Waals surface area (Å²) in [6, 6.07) is 0. The minimum Gasteiger partial charge on any atom is -0.426 e. The summed E-state index contributed by atoms with van der Waals surface area (Å²) in [6.07, 6.45) is 9.37. The van der Waals surface area contributed by atoms with Gasteiger partial charge in [0.15, 0.2) is 0 Å². The fourth-order valence-corrected chi connectivity index (χ4v) is 2.94. The Balaban J connectivity index is 2.15. The molecule has 2 atom stereocenters. The molecule has 1 saturated carbocycles. The normalized spacial score (nSPS) is 30.0. The molecule has 0 heterocycles. The van der Waals surface area contributed by atoms with Crippen LogP contribution in [0.2, 0.25) is 0 Å². The van der Waals surface area contributed by atoms with Crippen molar-refractivity contribution in [3.8, 4) is 0 Å². The number of ether oxygens (including phenoxy) is 1. The van der Waals surface area contributed by atoms with Crippen molar-refractivity contribution in [2.45, 2.75) is 32.6 Å². The van der Waals surface area contributed by atoms with Crippen LogP contribution >= 0.6 is 15.9 Å². The molecule has 2 nitrogen and oxygen atoms in total. The van der Waals surface area contributed by atoms with E-state index in [1.54, 1.807) is 0 Å². The number of halogens is 1. The van der Waals surface area contributed by atoms with Gasteiger partial charge in [-0.15, -0.1) is 0 Å². The molecule has 2 rings (SSSR count). The first-order valence-corrected chi connectivity index (χ1v) is 6.24. The Labute approximate surface area is 98.5 Å². The molecule has 1 fully saturated rings. The van der Waals surface area contributed by atoms with E-state index in [1.807, 2.05) is 0 Å². The van der Waals surface area contributed by atoms with Gasteiger partial charge in [0.25, 0.3) is 0 Å². The second-order valence-corrected chi connectivity index (χ2v) is 5.11. The van der Waals surface area contributed by atoms with Gasteiger partial charge in [-0.25, -0.2) is 0 Å². The minimum atomic E-state index is -0.249. The molecule has 0 aliphatic heterocycles. The van der Waals surface area contributed by atoms with Crippen molar-refractivity contribution in [1.29, 1.82) is 0 Å². The van der Waals surface area contributed by atoms with Crippen LogP contribution in [0.5, 0.6) is 0 Å². The maximum Gasteiger partial charge on any atom is 0.308 e. The quantitative estimate of drug-likeness (QED) is 0.682. The molecule has 2 aliphatic rings. The highest BCUT2D eigenvalue weighted by Gasteiger charge is 2.27. The minimum absolute atomic E-state index is 0.249. The average Bonchev–Trinajstić information content (AvgIpc) is 2.18. The van der Waals surface area contributed by atoms with E-state index >= 15 is 0 Å². The molecule has 0 radical (unpaired) electrons. The number of hydrogen-bond donors (Lipinski definition) is 0. The van der Waals surface area contributed by atoms with E-state index in [0.717, 1.165) is 4.48 Å². The van der Waals surface area contributed by atoms with Crippen LogP contribution in [0.25, 0.3) is 0 Å². The maximum atomic E-state index is 10.9. The highest BCUT2D eigenvalue weighted by Crippen LogP contribution is 2.39. The van der Waals surface area contributed by atoms with E-state index in [0.29, 0.717) is 17.6 Å². The zero-order chi connectivity index (χ0) is 10.8. The third-order valence-electron chi connectivity index (χ3n) is 3.09. The van der Waals surface area contributed by atoms with Gasteiger partial charge in [0.1, 0.15) is 5.76 Å². The lowest BCUT2D eigenvalue weighted by atomic mass is 9.77. The molecule has 0 saturated heterocycles. The number of rotatable bonds is 1. The summed E-state index contributed by atoms with van der Waals surface area (Å²) in [7, 11) is 0. The second-order valence-electron chi connectivity index (χ2n) is 4.25. The molecule has 0 amide bonds. The molecule has 0 aromatic carbocycles. The Bertz CT molecular complexity index is 331. The molecule has 2 aliphatic carbocycles. The number of esters is 1. The molecule has 0 aromatic rings. The molecule has 0 spiro atoms. The Morgan fingerprint density at radius 3 is 2.53 bits per heavy atom. The van der Waals surface area contributed by atoms with Crippen molar-refractivity contribution in [2.24, 2.45) is 11.8 Å². The number of hydrogen-bond acceptors (Lipinski definition) is 2. The van der Waals surface area contributed by atoms with Crippen LogP contribution in [-0.4, -0.2) is 5.97 Å². The van der Waals surface area contributed by atoms with E-state index < -0.39 is 0 Å². The van der Waals surface area contributed by atoms with Crippen LogP contribution in [0, 0.1) is 11.8 Å². The number of fused-ring (bicyclic) bond motifs is 1. The van der Waals surface area contributed by atoms with Crippen molar-refractivity contribution in [3.63, 3.8) is 0 Å². The van der Waals surface area contributed by atoms with E-state index in [-0.39, 0.29) is 5.97 Å². The summed E-state index contributed by atoms with van der Waals surface area (Å²) >= 11 is 3.46. The molecule has 0 N–H and O–H groups in total. The van der Waals surface area contributed by atoms with Crippen LogP contribution in [-0.2, 0) is 9.53 Å². The second kappa shape index (κ2) is 4.52. The first kappa shape index (κ1) is 10.9. The first-order valence-electron chi connectivity index (χ1n) is 5.45. The van der Waals surface area contributed by atoms with Crippen LogP contribution in [0.1, 0.15) is 32.6 Å². The number of carbonyl (C=O) groups excluding carboxylic acids is 1. The van der Waals surface area contributed by atoms with Crippen LogP contribution in [0.4, 0.5) is 0 Å². The van der Waals surface area contributed by atoms with Gasteiger partial charge in [-0.3, -0.25) is 4.79 Å². The summed E-state index contributed by atoms with van der Waals surface area (Å²) in [5.41, 5.74) is 0. The number of carbonyl (C=O) groups is 1. The van der Waals surface area contributed by atoms with Crippen molar-refractivity contribution in [1.82, 2.24) is 0 Å². The summed E-state index contributed by atoms with van der Waals surface area (Å²) in [5.74, 6) is 1.65. The van der Waals surface area contributed by atoms with Crippen LogP contribution in [0.3, 0.4) is 0 Å². The Morgan fingerprint density at radius 2 is 1.93 bits per heavy atom. The first-order chi connectivity index (χ1) is 7.16. The van der Waals surface area contributed by atoms with Gasteiger partial charge < -0.3 is 4.74 Å². The van der Waals surface area contributed by atoms with Gasteiger partial charge in [0.2, 0.25) is 0 Å². The van der Waals surface area contributed by atoms with Gasteiger partial charge in [-0.1, -0.05) is 18.9 Å². The van der Waals surface area contributed by atoms with Crippen LogP contribution in [0.15, 0.2) is 22.4 Å². The predicted molar refractivity (Wildman–Crippen MR) is 62.3 cm³/mol. The SMILES string of the molecule is CC(=O)OC1=CC2CCCCC2C=C1Br. The lowest BCUT2D eigenvalue weighted by molar-refractivity contribution is -0.136. The molecule has 82 valence electrons. The molecular formula is C12H15BrO2. The Kier molecular flexibility index (Phi) is 3.29. The molecule has 2 unspecified atom stereocenters. The third-order valence-corrected chi connectivity index (χ3v) is 3.74. The summed E-state index contributed by atoms with van der Waals surface area (Å²) in [6.45, 7) is 1.44. The van der Waals surface area contributed by atoms with Crippen molar-refractivity contribution < 1.29 is 9.53 Å². The summed E-state index contributed by atoms with van der Waals surface area (Å²) in [4.78, 5) is 10.9. The van der Waals surface area contributed by atoms with Crippen molar-refractivity contribution >= 4 is 21.9 Å². The standard InChI is InChI=1S/C12H15BrO2/c1-8(14)15-12-7-10-5-3-2-4-9(10)6-11(12)13/h6-7,9-10H,2-5H2,1H3. The third kappa shape index (κ3) is 2.51. The molecular weight excluding hydrogens is 256 g/mol. The monoisotopic (exact) mass is 270 g/mol. The van der Waals surface area contributed by atoms with Gasteiger partial charge in [0, 0.05) is 6.92 Å². The van der Waals surface area contributed by atoms with E-state index in [2.05, 4.69) is 28.1 Å². The molecule has 15 heavy (non-hydrogen) atoms. The predicted octanol–water partition coefficient (Wildman–Crippen LogP) is 3.53. The van der Waals surface area contributed by atoms with E-state index in [1.165, 1.54) is 32.6 Å². The maximum absolute atomic E-state index is 10.9. The van der Waals surface area contributed by atoms with Crippen LogP contribution < -0.4 is 0 Å². The van der Waals surface area contributed by atoms with Gasteiger partial charge >= 0.3 is 5.97 Å². The van der Waals surface area contributed by atoms with E-state index in [9.17, 15) is 4.79 Å². The average molecular weight is 271 g/mol. The molecule has 0 bridgehead atoms. The zero-order valence-electron chi connectivity index (χ0n) is 8.83. The zero-order valence-corrected chi connectivity index (χ0v) is 10.4. The smallest absolute Gasteiger partial charge is 0.308 e. The largest absolute Gasteiger partial charge is 0.426 e. The number of allylic oxidation sites excluding steroid dienone is 3. The highest BCUT2D eigenvalue weighted by molar-refractivity contribution is 9.11. The summed E-state index contributed by atoms with van der Waals surface area (Å²) in [5, 5.41) is 0. The molecule has 0 aromatic heterocycles. The summed E-state index contributed by atoms with van der Waals surface area (Å²) < 4.78 is 6.09. The fourth-order valence-electron chi connectivity index (χ4n) is 2.38. The van der Waals surface area contributed by atoms with Crippen molar-refractivity contribution in [3.05, 3.63) is 22.4 Å². The topological polar surface area (TPSA) is 26.3 Å². The van der Waals surface area contributed by atoms with Crippen molar-refractivity contribution in [2.75, 3.05) is 0 Å². The highest BCUT2D eigenvalue weighted by atomic mass is 79.9. The molecule has 3 heteroatoms. The van der Waals surface area contributed by atoms with Gasteiger partial charge in [-0.05, 0) is 46.7 Å². The fraction of sp³-hybridized carbons (Fsp3) is 0.583. The Morgan fingerprint density at radius 1 is 1.33 bits per heavy atom.